The molecule has 0 saturated carbocycles. The first-order valence-electron chi connectivity index (χ1n) is 22.9. The molecule has 11 aromatic carbocycles. The number of hydrogen-bond acceptors (Lipinski definition) is 2. The summed E-state index contributed by atoms with van der Waals surface area (Å²) in [7, 11) is 0. The lowest BCUT2D eigenvalue weighted by atomic mass is 9.96. The second kappa shape index (κ2) is 16.2. The molecule has 3 heteroatoms. The molecule has 314 valence electrons. The molecule has 0 amide bonds. The number of hydrogen-bond donors (Lipinski definition) is 0. The smallest absolute Gasteiger partial charge is 0.0541 e. The van der Waals surface area contributed by atoms with Crippen LogP contribution in [0.4, 0.5) is 17.1 Å². The van der Waals surface area contributed by atoms with E-state index < -0.39 is 0 Å². The van der Waals surface area contributed by atoms with Gasteiger partial charge in [-0.2, -0.15) is 0 Å². The van der Waals surface area contributed by atoms with Crippen molar-refractivity contribution in [2.45, 2.75) is 0 Å². The van der Waals surface area contributed by atoms with E-state index in [2.05, 4.69) is 264 Å². The largest absolute Gasteiger partial charge is 0.311 e. The Morgan fingerprint density at radius 2 is 0.746 bits per heavy atom. The summed E-state index contributed by atoms with van der Waals surface area (Å²) < 4.78 is 5.03. The number of nitrogens with zero attached hydrogens (tertiary/aromatic N) is 2. The summed E-state index contributed by atoms with van der Waals surface area (Å²) in [4.78, 5) is 2.37. The molecule has 2 heterocycles. The predicted molar refractivity (Wildman–Crippen MR) is 288 cm³/mol. The molecule has 13 rings (SSSR count). The van der Waals surface area contributed by atoms with Gasteiger partial charge in [0.2, 0.25) is 0 Å². The molecule has 0 aliphatic rings. The van der Waals surface area contributed by atoms with Gasteiger partial charge in [0.25, 0.3) is 0 Å². The first-order chi connectivity index (χ1) is 33.2. The number of rotatable bonds is 8. The van der Waals surface area contributed by atoms with E-state index in [4.69, 9.17) is 0 Å². The quantitative estimate of drug-likeness (QED) is 0.148. The summed E-state index contributed by atoms with van der Waals surface area (Å²) in [5.74, 6) is 0. The fourth-order valence-electron chi connectivity index (χ4n) is 10.2. The molecule has 0 spiro atoms. The van der Waals surface area contributed by atoms with Gasteiger partial charge in [0, 0.05) is 53.7 Å². The summed E-state index contributed by atoms with van der Waals surface area (Å²) in [6, 6.07) is 93.0. The third-order valence-electron chi connectivity index (χ3n) is 13.4. The minimum atomic E-state index is 1.09. The SMILES string of the molecule is c1cc(-c2ccc(N(c3ccc(-c4ccc(-c5cccc6ccccc56)cc4)cc3)c3ccc(-c4cccc5c4sc4ccccc45)cc3)cc2)cc(-n2c3ccccc3c3ccccc32)c1. The Labute approximate surface area is 393 Å². The summed E-state index contributed by atoms with van der Waals surface area (Å²) in [5.41, 5.74) is 16.5. The van der Waals surface area contributed by atoms with Crippen LogP contribution < -0.4 is 4.90 Å². The predicted octanol–water partition coefficient (Wildman–Crippen LogP) is 18.4. The number of fused-ring (bicyclic) bond motifs is 7. The Balaban J connectivity index is 0.860. The maximum Gasteiger partial charge on any atom is 0.0541 e. The number of aromatic nitrogens is 1. The molecule has 0 saturated heterocycles. The van der Waals surface area contributed by atoms with E-state index >= 15 is 0 Å². The molecule has 67 heavy (non-hydrogen) atoms. The Bertz CT molecular complexity index is 3890. The van der Waals surface area contributed by atoms with Crippen molar-refractivity contribution in [2.24, 2.45) is 0 Å². The monoisotopic (exact) mass is 870 g/mol. The van der Waals surface area contributed by atoms with Crippen LogP contribution in [0.25, 0.3) is 103 Å². The molecule has 13 aromatic rings. The zero-order valence-electron chi connectivity index (χ0n) is 36.6. The Morgan fingerprint density at radius 1 is 0.299 bits per heavy atom. The fraction of sp³-hybridized carbons (Fsp3) is 0. The van der Waals surface area contributed by atoms with Crippen LogP contribution in [-0.4, -0.2) is 4.57 Å². The van der Waals surface area contributed by atoms with Crippen LogP contribution in [0.5, 0.6) is 0 Å². The highest BCUT2D eigenvalue weighted by Gasteiger charge is 2.17. The van der Waals surface area contributed by atoms with Crippen molar-refractivity contribution in [1.29, 1.82) is 0 Å². The van der Waals surface area contributed by atoms with E-state index in [0.717, 1.165) is 22.7 Å². The second-order valence-corrected chi connectivity index (χ2v) is 18.3. The molecule has 0 unspecified atom stereocenters. The molecule has 0 radical (unpaired) electrons. The number of thiophene rings is 1. The minimum Gasteiger partial charge on any atom is -0.311 e. The summed E-state index contributed by atoms with van der Waals surface area (Å²) in [6.45, 7) is 0. The molecular formula is C64H42N2S. The van der Waals surface area contributed by atoms with Crippen molar-refractivity contribution in [2.75, 3.05) is 4.90 Å². The minimum absolute atomic E-state index is 1.09. The lowest BCUT2D eigenvalue weighted by Crippen LogP contribution is -2.09. The Kier molecular flexibility index (Phi) is 9.40. The van der Waals surface area contributed by atoms with Gasteiger partial charge in [-0.05, 0) is 122 Å². The third-order valence-corrected chi connectivity index (χ3v) is 14.6. The van der Waals surface area contributed by atoms with Crippen molar-refractivity contribution < 1.29 is 0 Å². The fourth-order valence-corrected chi connectivity index (χ4v) is 11.4. The van der Waals surface area contributed by atoms with E-state index in [1.54, 1.807) is 0 Å². The first-order valence-corrected chi connectivity index (χ1v) is 23.7. The molecular weight excluding hydrogens is 829 g/mol. The Morgan fingerprint density at radius 3 is 1.42 bits per heavy atom. The van der Waals surface area contributed by atoms with Crippen LogP contribution in [0.3, 0.4) is 0 Å². The van der Waals surface area contributed by atoms with Gasteiger partial charge in [-0.25, -0.2) is 0 Å². The van der Waals surface area contributed by atoms with Crippen molar-refractivity contribution >= 4 is 81.1 Å². The van der Waals surface area contributed by atoms with Crippen LogP contribution in [0.2, 0.25) is 0 Å². The highest BCUT2D eigenvalue weighted by molar-refractivity contribution is 7.26. The summed E-state index contributed by atoms with van der Waals surface area (Å²) in [5, 5.41) is 7.69. The van der Waals surface area contributed by atoms with Gasteiger partial charge in [0.05, 0.1) is 11.0 Å². The van der Waals surface area contributed by atoms with Gasteiger partial charge in [-0.1, -0.05) is 188 Å². The van der Waals surface area contributed by atoms with Crippen LogP contribution >= 0.6 is 11.3 Å². The number of anilines is 3. The first kappa shape index (κ1) is 38.9. The average molecular weight is 871 g/mol. The van der Waals surface area contributed by atoms with E-state index in [-0.39, 0.29) is 0 Å². The lowest BCUT2D eigenvalue weighted by molar-refractivity contribution is 1.18. The molecule has 2 aromatic heterocycles. The molecule has 2 nitrogen and oxygen atoms in total. The molecule has 0 fully saturated rings. The zero-order valence-corrected chi connectivity index (χ0v) is 37.4. The van der Waals surface area contributed by atoms with Crippen molar-refractivity contribution in [1.82, 2.24) is 4.57 Å². The standard InChI is InChI=1S/C64H42N2S/c1-2-16-54-46(12-1)13-10-20-55(54)47-28-26-43(27-29-47)44-30-36-50(37-31-44)65(52-40-34-48(35-41-52)56-21-11-22-60-59-19-5-8-25-63(59)67-64(56)60)51-38-32-45(33-39-51)49-14-9-15-53(42-49)66-61-23-6-3-17-57(61)58-18-4-7-24-62(58)66/h1-42H. The summed E-state index contributed by atoms with van der Waals surface area (Å²) in [6.07, 6.45) is 0. The molecule has 0 aliphatic carbocycles. The second-order valence-electron chi connectivity index (χ2n) is 17.3. The average Bonchev–Trinajstić information content (AvgIpc) is 3.96. The van der Waals surface area contributed by atoms with Crippen LogP contribution in [0.1, 0.15) is 0 Å². The molecule has 0 bridgehead atoms. The van der Waals surface area contributed by atoms with Gasteiger partial charge in [0.1, 0.15) is 0 Å². The lowest BCUT2D eigenvalue weighted by Gasteiger charge is -2.26. The summed E-state index contributed by atoms with van der Waals surface area (Å²) >= 11 is 1.87. The number of benzene rings is 11. The van der Waals surface area contributed by atoms with E-state index in [1.165, 1.54) is 97.3 Å². The Hall–Kier alpha value is -8.50. The van der Waals surface area contributed by atoms with Gasteiger partial charge in [0.15, 0.2) is 0 Å². The van der Waals surface area contributed by atoms with Crippen LogP contribution in [0.15, 0.2) is 255 Å². The maximum absolute atomic E-state index is 2.39. The van der Waals surface area contributed by atoms with Crippen LogP contribution in [0, 0.1) is 0 Å². The highest BCUT2D eigenvalue weighted by atomic mass is 32.1. The molecule has 0 N–H and O–H groups in total. The van der Waals surface area contributed by atoms with E-state index in [9.17, 15) is 0 Å². The molecule has 0 aliphatic heterocycles. The van der Waals surface area contributed by atoms with Crippen molar-refractivity contribution in [3.05, 3.63) is 255 Å². The van der Waals surface area contributed by atoms with Gasteiger partial charge in [-0.3, -0.25) is 0 Å². The van der Waals surface area contributed by atoms with Gasteiger partial charge >= 0.3 is 0 Å². The van der Waals surface area contributed by atoms with Gasteiger partial charge < -0.3 is 9.47 Å². The number of para-hydroxylation sites is 2. The zero-order chi connectivity index (χ0) is 44.3. The van der Waals surface area contributed by atoms with E-state index in [1.807, 2.05) is 11.3 Å². The van der Waals surface area contributed by atoms with Crippen molar-refractivity contribution in [3.63, 3.8) is 0 Å². The van der Waals surface area contributed by atoms with Crippen molar-refractivity contribution in [3.8, 4) is 50.2 Å². The topological polar surface area (TPSA) is 8.17 Å². The molecule has 0 atom stereocenters. The van der Waals surface area contributed by atoms with E-state index in [0.29, 0.717) is 0 Å². The maximum atomic E-state index is 2.39. The third kappa shape index (κ3) is 6.79. The van der Waals surface area contributed by atoms with Gasteiger partial charge in [-0.15, -0.1) is 11.3 Å². The normalized spacial score (nSPS) is 11.6. The van der Waals surface area contributed by atoms with Crippen LogP contribution in [-0.2, 0) is 0 Å². The highest BCUT2D eigenvalue weighted by Crippen LogP contribution is 2.43.